The maximum absolute atomic E-state index is 12.6. The van der Waals surface area contributed by atoms with E-state index < -0.39 is 11.5 Å². The quantitative estimate of drug-likeness (QED) is 0.508. The van der Waals surface area contributed by atoms with Crippen LogP contribution in [0.1, 0.15) is 0 Å². The van der Waals surface area contributed by atoms with Crippen molar-refractivity contribution in [2.24, 2.45) is 0 Å². The summed E-state index contributed by atoms with van der Waals surface area (Å²) in [6.07, 6.45) is 1.22. The molecule has 0 aliphatic heterocycles. The zero-order chi connectivity index (χ0) is 21.1. The lowest BCUT2D eigenvalue weighted by Gasteiger charge is -2.09. The Morgan fingerprint density at radius 3 is 2.37 bits per heavy atom. The number of nitrogens with zero attached hydrogens (tertiary/aromatic N) is 4. The average Bonchev–Trinajstić information content (AvgIpc) is 3.19. The number of rotatable bonds is 5. The molecular formula is C21H15Cl2N5O2. The first-order valence-corrected chi connectivity index (χ1v) is 9.70. The van der Waals surface area contributed by atoms with E-state index in [9.17, 15) is 9.59 Å². The lowest BCUT2D eigenvalue weighted by molar-refractivity contribution is -0.117. The third-order valence-corrected chi connectivity index (χ3v) is 5.03. The molecule has 0 atom stereocenters. The number of anilines is 1. The number of aromatic nitrogens is 4. The maximum Gasteiger partial charge on any atom is 0.287 e. The van der Waals surface area contributed by atoms with Crippen molar-refractivity contribution in [2.45, 2.75) is 6.54 Å². The Morgan fingerprint density at radius 2 is 1.67 bits per heavy atom. The Labute approximate surface area is 181 Å². The highest BCUT2D eigenvalue weighted by atomic mass is 35.5. The van der Waals surface area contributed by atoms with Crippen LogP contribution in [0.15, 0.2) is 77.7 Å². The lowest BCUT2D eigenvalue weighted by atomic mass is 10.2. The fourth-order valence-corrected chi connectivity index (χ4v) is 3.13. The molecular weight excluding hydrogens is 425 g/mol. The van der Waals surface area contributed by atoms with Crippen molar-refractivity contribution in [1.29, 1.82) is 0 Å². The Balaban J connectivity index is 1.66. The van der Waals surface area contributed by atoms with Gasteiger partial charge in [-0.1, -0.05) is 71.7 Å². The first-order valence-electron chi connectivity index (χ1n) is 8.95. The van der Waals surface area contributed by atoms with Crippen LogP contribution in [0.25, 0.3) is 16.9 Å². The third kappa shape index (κ3) is 4.12. The zero-order valence-corrected chi connectivity index (χ0v) is 17.0. The first-order chi connectivity index (χ1) is 14.5. The molecule has 2 heterocycles. The predicted octanol–water partition coefficient (Wildman–Crippen LogP) is 4.04. The van der Waals surface area contributed by atoms with Crippen LogP contribution in [0.5, 0.6) is 0 Å². The molecule has 2 aromatic heterocycles. The molecule has 0 spiro atoms. The van der Waals surface area contributed by atoms with E-state index in [2.05, 4.69) is 15.5 Å². The molecule has 4 aromatic rings. The Bertz CT molecular complexity index is 1250. The van der Waals surface area contributed by atoms with Crippen LogP contribution < -0.4 is 10.9 Å². The number of para-hydroxylation sites is 1. The summed E-state index contributed by atoms with van der Waals surface area (Å²) in [6.45, 7) is -0.323. The van der Waals surface area contributed by atoms with Gasteiger partial charge < -0.3 is 5.32 Å². The van der Waals surface area contributed by atoms with Crippen LogP contribution >= 0.6 is 23.2 Å². The van der Waals surface area contributed by atoms with Gasteiger partial charge in [-0.3, -0.25) is 9.59 Å². The smallest absolute Gasteiger partial charge is 0.287 e. The van der Waals surface area contributed by atoms with E-state index in [-0.39, 0.29) is 16.6 Å². The van der Waals surface area contributed by atoms with Crippen molar-refractivity contribution in [3.63, 3.8) is 0 Å². The van der Waals surface area contributed by atoms with E-state index >= 15 is 0 Å². The zero-order valence-electron chi connectivity index (χ0n) is 15.5. The number of carbonyl (C=O) groups is 1. The molecule has 0 fully saturated rings. The van der Waals surface area contributed by atoms with Crippen molar-refractivity contribution in [1.82, 2.24) is 19.6 Å². The van der Waals surface area contributed by atoms with Gasteiger partial charge in [-0.15, -0.1) is 0 Å². The summed E-state index contributed by atoms with van der Waals surface area (Å²) in [5.41, 5.74) is 1.74. The number of carbonyl (C=O) groups excluding carboxylic acids is 1. The monoisotopic (exact) mass is 439 g/mol. The van der Waals surface area contributed by atoms with Gasteiger partial charge in [-0.25, -0.2) is 9.36 Å². The van der Waals surface area contributed by atoms with Crippen molar-refractivity contribution in [2.75, 3.05) is 5.32 Å². The number of nitrogens with one attached hydrogen (secondary N) is 1. The Kier molecular flexibility index (Phi) is 5.65. The fourth-order valence-electron chi connectivity index (χ4n) is 2.86. The van der Waals surface area contributed by atoms with Crippen LogP contribution in [0.3, 0.4) is 0 Å². The van der Waals surface area contributed by atoms with Crippen molar-refractivity contribution in [3.8, 4) is 16.9 Å². The van der Waals surface area contributed by atoms with E-state index in [0.717, 1.165) is 15.9 Å². The van der Waals surface area contributed by atoms with Crippen LogP contribution in [0.4, 0.5) is 5.82 Å². The van der Waals surface area contributed by atoms with Gasteiger partial charge in [0.15, 0.2) is 0 Å². The number of amides is 1. The molecule has 0 aliphatic carbocycles. The van der Waals surface area contributed by atoms with Crippen molar-refractivity contribution >= 4 is 34.9 Å². The van der Waals surface area contributed by atoms with Crippen LogP contribution in [-0.4, -0.2) is 25.5 Å². The summed E-state index contributed by atoms with van der Waals surface area (Å²) in [4.78, 5) is 24.8. The molecule has 4 rings (SSSR count). The summed E-state index contributed by atoms with van der Waals surface area (Å²) < 4.78 is 2.58. The van der Waals surface area contributed by atoms with E-state index in [1.54, 1.807) is 10.7 Å². The second-order valence-electron chi connectivity index (χ2n) is 6.35. The van der Waals surface area contributed by atoms with Crippen molar-refractivity contribution in [3.05, 3.63) is 93.3 Å². The summed E-state index contributed by atoms with van der Waals surface area (Å²) in [5, 5.41) is 11.1. The minimum absolute atomic E-state index is 0.0352. The molecule has 0 radical (unpaired) electrons. The van der Waals surface area contributed by atoms with E-state index in [1.807, 2.05) is 60.7 Å². The van der Waals surface area contributed by atoms with E-state index in [4.69, 9.17) is 23.2 Å². The van der Waals surface area contributed by atoms with Gasteiger partial charge in [0.05, 0.1) is 22.6 Å². The standard InChI is InChI=1S/C21H15Cl2N5O2/c22-16-12-24-27(21(30)20(16)23)13-19(29)25-18-11-17(14-7-3-1-4-8-14)26-28(18)15-9-5-2-6-10-15/h1-12H,13H2,(H,25,29). The average molecular weight is 440 g/mol. The normalized spacial score (nSPS) is 10.7. The van der Waals surface area contributed by atoms with Gasteiger partial charge in [0.1, 0.15) is 17.4 Å². The number of hydrogen-bond donors (Lipinski definition) is 1. The van der Waals surface area contributed by atoms with Gasteiger partial charge >= 0.3 is 0 Å². The predicted molar refractivity (Wildman–Crippen MR) is 116 cm³/mol. The van der Waals surface area contributed by atoms with Crippen LogP contribution in [0.2, 0.25) is 10.0 Å². The Morgan fingerprint density at radius 1 is 1.00 bits per heavy atom. The SMILES string of the molecule is O=C(Cn1ncc(Cl)c(Cl)c1=O)Nc1cc(-c2ccccc2)nn1-c1ccccc1. The number of hydrogen-bond acceptors (Lipinski definition) is 4. The summed E-state index contributed by atoms with van der Waals surface area (Å²) in [7, 11) is 0. The van der Waals surface area contributed by atoms with Gasteiger partial charge in [0.2, 0.25) is 5.91 Å². The van der Waals surface area contributed by atoms with Crippen LogP contribution in [0, 0.1) is 0 Å². The first kappa shape index (κ1) is 19.9. The minimum Gasteiger partial charge on any atom is -0.309 e. The van der Waals surface area contributed by atoms with E-state index in [1.165, 1.54) is 6.20 Å². The summed E-state index contributed by atoms with van der Waals surface area (Å²) in [6, 6.07) is 20.8. The molecule has 7 nitrogen and oxygen atoms in total. The molecule has 0 unspecified atom stereocenters. The largest absolute Gasteiger partial charge is 0.309 e. The lowest BCUT2D eigenvalue weighted by Crippen LogP contribution is -2.30. The summed E-state index contributed by atoms with van der Waals surface area (Å²) in [5.74, 6) is -0.00200. The molecule has 30 heavy (non-hydrogen) atoms. The molecule has 9 heteroatoms. The molecule has 0 aliphatic rings. The second kappa shape index (κ2) is 8.52. The van der Waals surface area contributed by atoms with E-state index in [0.29, 0.717) is 11.5 Å². The maximum atomic E-state index is 12.6. The number of halogens is 2. The topological polar surface area (TPSA) is 81.8 Å². The van der Waals surface area contributed by atoms with Gasteiger partial charge in [-0.05, 0) is 12.1 Å². The summed E-state index contributed by atoms with van der Waals surface area (Å²) >= 11 is 11.6. The highest BCUT2D eigenvalue weighted by Crippen LogP contribution is 2.24. The highest BCUT2D eigenvalue weighted by Gasteiger charge is 2.16. The van der Waals surface area contributed by atoms with Gasteiger partial charge in [0, 0.05) is 11.6 Å². The van der Waals surface area contributed by atoms with Crippen molar-refractivity contribution < 1.29 is 4.79 Å². The molecule has 150 valence electrons. The fraction of sp³-hybridized carbons (Fsp3) is 0.0476. The third-order valence-electron chi connectivity index (χ3n) is 4.28. The Hall–Kier alpha value is -3.42. The molecule has 0 saturated heterocycles. The van der Waals surface area contributed by atoms with Crippen LogP contribution in [-0.2, 0) is 11.3 Å². The molecule has 1 N–H and O–H groups in total. The number of benzene rings is 2. The highest BCUT2D eigenvalue weighted by molar-refractivity contribution is 6.41. The molecule has 1 amide bonds. The second-order valence-corrected chi connectivity index (χ2v) is 7.13. The molecule has 0 saturated carbocycles. The molecule has 2 aromatic carbocycles. The minimum atomic E-state index is -0.638. The van der Waals surface area contributed by atoms with Gasteiger partial charge in [-0.2, -0.15) is 10.2 Å². The molecule has 0 bridgehead atoms. The van der Waals surface area contributed by atoms with Gasteiger partial charge in [0.25, 0.3) is 5.56 Å².